The molecule has 1 amide bonds. The second-order valence-electron chi connectivity index (χ2n) is 4.56. The van der Waals surface area contributed by atoms with Gasteiger partial charge in [0.15, 0.2) is 0 Å². The van der Waals surface area contributed by atoms with E-state index < -0.39 is 0 Å². The van der Waals surface area contributed by atoms with Crippen LogP contribution >= 0.6 is 15.9 Å². The third-order valence-corrected chi connectivity index (χ3v) is 3.84. The van der Waals surface area contributed by atoms with Crippen LogP contribution in [-0.2, 0) is 4.74 Å². The molecule has 0 radical (unpaired) electrons. The van der Waals surface area contributed by atoms with Gasteiger partial charge in [-0.3, -0.25) is 4.79 Å². The second-order valence-corrected chi connectivity index (χ2v) is 5.41. The Labute approximate surface area is 122 Å². The minimum atomic E-state index is -0.0682. The molecule has 1 aromatic carbocycles. The van der Waals surface area contributed by atoms with Crippen molar-refractivity contribution in [3.05, 3.63) is 34.3 Å². The van der Waals surface area contributed by atoms with E-state index in [0.717, 1.165) is 30.4 Å². The number of carbonyl (C=O) groups is 1. The number of halogens is 1. The lowest BCUT2D eigenvalue weighted by Crippen LogP contribution is -2.34. The number of hydrogen-bond acceptors (Lipinski definition) is 3. The van der Waals surface area contributed by atoms with Crippen molar-refractivity contribution >= 4 is 21.8 Å². The first-order valence-electron chi connectivity index (χ1n) is 6.62. The number of hydrogen-bond donors (Lipinski definition) is 2. The molecule has 1 aliphatic rings. The van der Waals surface area contributed by atoms with Crippen LogP contribution in [0, 0.1) is 0 Å². The minimum Gasteiger partial charge on any atom is -0.376 e. The van der Waals surface area contributed by atoms with Gasteiger partial charge in [-0.25, -0.2) is 0 Å². The molecule has 0 unspecified atom stereocenters. The van der Waals surface area contributed by atoms with Gasteiger partial charge in [-0.1, -0.05) is 12.1 Å². The van der Waals surface area contributed by atoms with Crippen molar-refractivity contribution in [2.75, 3.05) is 26.2 Å². The van der Waals surface area contributed by atoms with Crippen LogP contribution in [0.2, 0.25) is 0 Å². The van der Waals surface area contributed by atoms with Crippen LogP contribution in [0.1, 0.15) is 23.2 Å². The number of amides is 1. The monoisotopic (exact) mass is 326 g/mol. The molecule has 0 atom stereocenters. The van der Waals surface area contributed by atoms with Crippen molar-refractivity contribution in [1.29, 1.82) is 0 Å². The SMILES string of the molecule is O=C(NCCOC1CCNCC1)c1ccccc1Br. The molecule has 0 saturated carbocycles. The zero-order valence-corrected chi connectivity index (χ0v) is 12.4. The fourth-order valence-corrected chi connectivity index (χ4v) is 2.56. The summed E-state index contributed by atoms with van der Waals surface area (Å²) in [4.78, 5) is 11.9. The van der Waals surface area contributed by atoms with E-state index in [-0.39, 0.29) is 5.91 Å². The van der Waals surface area contributed by atoms with Crippen molar-refractivity contribution in [3.8, 4) is 0 Å². The molecular weight excluding hydrogens is 308 g/mol. The summed E-state index contributed by atoms with van der Waals surface area (Å²) in [6.45, 7) is 3.16. The standard InChI is InChI=1S/C14H19BrN2O2/c15-13-4-2-1-3-12(13)14(18)17-9-10-19-11-5-7-16-8-6-11/h1-4,11,16H,5-10H2,(H,17,18). The molecule has 4 nitrogen and oxygen atoms in total. The van der Waals surface area contributed by atoms with E-state index in [9.17, 15) is 4.79 Å². The predicted molar refractivity (Wildman–Crippen MR) is 78.3 cm³/mol. The van der Waals surface area contributed by atoms with Gasteiger partial charge in [0, 0.05) is 11.0 Å². The number of ether oxygens (including phenoxy) is 1. The molecule has 0 aromatic heterocycles. The summed E-state index contributed by atoms with van der Waals surface area (Å²) >= 11 is 3.37. The average Bonchev–Trinajstić information content (AvgIpc) is 2.45. The lowest BCUT2D eigenvalue weighted by Gasteiger charge is -2.22. The maximum atomic E-state index is 11.9. The first-order valence-corrected chi connectivity index (χ1v) is 7.41. The molecular formula is C14H19BrN2O2. The predicted octanol–water partition coefficient (Wildman–Crippen LogP) is 1.95. The van der Waals surface area contributed by atoms with Crippen LogP contribution in [0.4, 0.5) is 0 Å². The van der Waals surface area contributed by atoms with Crippen molar-refractivity contribution in [2.24, 2.45) is 0 Å². The molecule has 104 valence electrons. The molecule has 0 bridgehead atoms. The third kappa shape index (κ3) is 4.60. The molecule has 1 heterocycles. The van der Waals surface area contributed by atoms with Gasteiger partial charge in [-0.15, -0.1) is 0 Å². The Balaban J connectivity index is 1.68. The molecule has 0 spiro atoms. The second kappa shape index (κ2) is 7.62. The topological polar surface area (TPSA) is 50.4 Å². The van der Waals surface area contributed by atoms with Gasteiger partial charge in [0.1, 0.15) is 0 Å². The van der Waals surface area contributed by atoms with Gasteiger partial charge in [0.2, 0.25) is 0 Å². The maximum absolute atomic E-state index is 11.9. The number of benzene rings is 1. The Hall–Kier alpha value is -0.910. The van der Waals surface area contributed by atoms with Crippen LogP contribution in [0.15, 0.2) is 28.7 Å². The van der Waals surface area contributed by atoms with Crippen LogP contribution in [0.3, 0.4) is 0 Å². The van der Waals surface area contributed by atoms with Gasteiger partial charge in [0.05, 0.1) is 18.3 Å². The third-order valence-electron chi connectivity index (χ3n) is 3.15. The largest absolute Gasteiger partial charge is 0.376 e. The summed E-state index contributed by atoms with van der Waals surface area (Å²) < 4.78 is 6.54. The highest BCUT2D eigenvalue weighted by Crippen LogP contribution is 2.15. The van der Waals surface area contributed by atoms with E-state index in [1.807, 2.05) is 18.2 Å². The molecule has 19 heavy (non-hydrogen) atoms. The highest BCUT2D eigenvalue weighted by atomic mass is 79.9. The molecule has 0 aliphatic carbocycles. The minimum absolute atomic E-state index is 0.0682. The summed E-state index contributed by atoms with van der Waals surface area (Å²) in [5, 5.41) is 6.17. The van der Waals surface area contributed by atoms with E-state index in [0.29, 0.717) is 24.8 Å². The lowest BCUT2D eigenvalue weighted by atomic mass is 10.1. The number of rotatable bonds is 5. The van der Waals surface area contributed by atoms with Crippen molar-refractivity contribution in [1.82, 2.24) is 10.6 Å². The van der Waals surface area contributed by atoms with E-state index in [1.54, 1.807) is 6.07 Å². The normalized spacial score (nSPS) is 16.3. The Bertz CT molecular complexity index is 420. The van der Waals surface area contributed by atoms with Gasteiger partial charge in [-0.2, -0.15) is 0 Å². The fraction of sp³-hybridized carbons (Fsp3) is 0.500. The van der Waals surface area contributed by atoms with Crippen LogP contribution in [-0.4, -0.2) is 38.3 Å². The Morgan fingerprint density at radius 3 is 2.84 bits per heavy atom. The molecule has 2 rings (SSSR count). The summed E-state index contributed by atoms with van der Waals surface area (Å²) in [5.41, 5.74) is 0.657. The van der Waals surface area contributed by atoms with Gasteiger partial charge in [-0.05, 0) is 54.0 Å². The molecule has 5 heteroatoms. The fourth-order valence-electron chi connectivity index (χ4n) is 2.09. The van der Waals surface area contributed by atoms with Gasteiger partial charge >= 0.3 is 0 Å². The number of carbonyl (C=O) groups excluding carboxylic acids is 1. The highest BCUT2D eigenvalue weighted by molar-refractivity contribution is 9.10. The first kappa shape index (κ1) is 14.5. The van der Waals surface area contributed by atoms with E-state index in [2.05, 4.69) is 26.6 Å². The molecule has 1 aliphatic heterocycles. The number of nitrogens with one attached hydrogen (secondary N) is 2. The molecule has 1 fully saturated rings. The Morgan fingerprint density at radius 1 is 1.37 bits per heavy atom. The zero-order chi connectivity index (χ0) is 13.5. The summed E-state index contributed by atoms with van der Waals surface area (Å²) in [7, 11) is 0. The Morgan fingerprint density at radius 2 is 2.11 bits per heavy atom. The van der Waals surface area contributed by atoms with Crippen LogP contribution in [0.5, 0.6) is 0 Å². The molecule has 1 aromatic rings. The van der Waals surface area contributed by atoms with E-state index in [1.165, 1.54) is 0 Å². The van der Waals surface area contributed by atoms with E-state index in [4.69, 9.17) is 4.74 Å². The summed E-state index contributed by atoms with van der Waals surface area (Å²) in [6, 6.07) is 7.40. The van der Waals surface area contributed by atoms with Gasteiger partial charge in [0.25, 0.3) is 5.91 Å². The van der Waals surface area contributed by atoms with Crippen molar-refractivity contribution in [2.45, 2.75) is 18.9 Å². The Kier molecular flexibility index (Phi) is 5.82. The number of piperidine rings is 1. The maximum Gasteiger partial charge on any atom is 0.252 e. The quantitative estimate of drug-likeness (QED) is 0.813. The van der Waals surface area contributed by atoms with Crippen LogP contribution < -0.4 is 10.6 Å². The zero-order valence-electron chi connectivity index (χ0n) is 10.8. The molecule has 1 saturated heterocycles. The summed E-state index contributed by atoms with van der Waals surface area (Å²) in [6.07, 6.45) is 2.44. The first-order chi connectivity index (χ1) is 9.27. The van der Waals surface area contributed by atoms with Crippen LogP contribution in [0.25, 0.3) is 0 Å². The van der Waals surface area contributed by atoms with E-state index >= 15 is 0 Å². The lowest BCUT2D eigenvalue weighted by molar-refractivity contribution is 0.0343. The van der Waals surface area contributed by atoms with Crippen molar-refractivity contribution in [3.63, 3.8) is 0 Å². The molecule has 2 N–H and O–H groups in total. The smallest absolute Gasteiger partial charge is 0.252 e. The van der Waals surface area contributed by atoms with Gasteiger partial charge < -0.3 is 15.4 Å². The van der Waals surface area contributed by atoms with Crippen molar-refractivity contribution < 1.29 is 9.53 Å². The highest BCUT2D eigenvalue weighted by Gasteiger charge is 2.13. The summed E-state index contributed by atoms with van der Waals surface area (Å²) in [5.74, 6) is -0.0682. The average molecular weight is 327 g/mol.